The van der Waals surface area contributed by atoms with Gasteiger partial charge >= 0.3 is 0 Å². The number of nitrogens with one attached hydrogen (secondary N) is 1. The van der Waals surface area contributed by atoms with Crippen molar-refractivity contribution >= 4 is 11.8 Å². The molecule has 0 radical (unpaired) electrons. The lowest BCUT2D eigenvalue weighted by atomic mass is 9.86. The summed E-state index contributed by atoms with van der Waals surface area (Å²) in [4.78, 5) is 27.5. The number of hydrogen-bond acceptors (Lipinski definition) is 2. The van der Waals surface area contributed by atoms with Crippen LogP contribution in [0.2, 0.25) is 0 Å². The predicted molar refractivity (Wildman–Crippen MR) is 114 cm³/mol. The van der Waals surface area contributed by atoms with Crippen LogP contribution >= 0.6 is 0 Å². The molecule has 1 N–H and O–H groups in total. The van der Waals surface area contributed by atoms with Crippen molar-refractivity contribution in [3.05, 3.63) is 71.5 Å². The van der Waals surface area contributed by atoms with E-state index in [1.807, 2.05) is 35.2 Å². The zero-order valence-corrected chi connectivity index (χ0v) is 17.3. The van der Waals surface area contributed by atoms with Crippen molar-refractivity contribution in [3.8, 4) is 0 Å². The molecule has 0 bridgehead atoms. The third-order valence-corrected chi connectivity index (χ3v) is 6.63. The van der Waals surface area contributed by atoms with Crippen LogP contribution in [0, 0.1) is 11.7 Å². The number of nitrogens with zero attached hydrogens (tertiary/aromatic N) is 1. The Morgan fingerprint density at radius 1 is 0.967 bits per heavy atom. The van der Waals surface area contributed by atoms with Crippen LogP contribution in [0.1, 0.15) is 49.7 Å². The highest BCUT2D eigenvalue weighted by molar-refractivity contribution is 5.81. The van der Waals surface area contributed by atoms with Gasteiger partial charge in [0.05, 0.1) is 12.0 Å². The normalized spacial score (nSPS) is 18.9. The zero-order chi connectivity index (χ0) is 21.0. The largest absolute Gasteiger partial charge is 0.346 e. The smallest absolute Gasteiger partial charge is 0.226 e. The molecule has 158 valence electrons. The zero-order valence-electron chi connectivity index (χ0n) is 17.3. The first-order chi connectivity index (χ1) is 14.6. The van der Waals surface area contributed by atoms with Gasteiger partial charge in [-0.05, 0) is 48.9 Å². The monoisotopic (exact) mass is 408 g/mol. The van der Waals surface area contributed by atoms with Gasteiger partial charge in [-0.15, -0.1) is 0 Å². The van der Waals surface area contributed by atoms with Crippen molar-refractivity contribution < 1.29 is 14.0 Å². The molecular formula is C25H29FN2O2. The van der Waals surface area contributed by atoms with Gasteiger partial charge in [-0.2, -0.15) is 0 Å². The van der Waals surface area contributed by atoms with E-state index in [1.54, 1.807) is 12.1 Å². The summed E-state index contributed by atoms with van der Waals surface area (Å²) in [5.74, 6) is -0.149. The fourth-order valence-corrected chi connectivity index (χ4v) is 4.84. The number of benzene rings is 2. The summed E-state index contributed by atoms with van der Waals surface area (Å²) in [6.45, 7) is 1.24. The van der Waals surface area contributed by atoms with E-state index in [0.29, 0.717) is 32.4 Å². The molecule has 0 spiro atoms. The number of amides is 2. The van der Waals surface area contributed by atoms with E-state index in [1.165, 1.54) is 12.1 Å². The molecule has 2 aromatic carbocycles. The number of likely N-dealkylation sites (tertiary alicyclic amines) is 1. The van der Waals surface area contributed by atoms with Crippen LogP contribution in [0.4, 0.5) is 4.39 Å². The molecule has 2 aromatic rings. The second-order valence-electron chi connectivity index (χ2n) is 8.60. The number of piperidine rings is 1. The standard InChI is InChI=1S/C25H29FN2O2/c26-22-10-8-21(9-11-22)25(14-4-5-15-25)27-24(30)20-12-16-28(17-13-20)23(29)18-19-6-2-1-3-7-19/h1-3,6-11,20H,4-5,12-18H2,(H,27,30). The van der Waals surface area contributed by atoms with Gasteiger partial charge in [-0.1, -0.05) is 55.3 Å². The molecule has 1 aliphatic heterocycles. The molecule has 0 atom stereocenters. The Hall–Kier alpha value is -2.69. The summed E-state index contributed by atoms with van der Waals surface area (Å²) >= 11 is 0. The Balaban J connectivity index is 1.34. The number of halogens is 1. The fourth-order valence-electron chi connectivity index (χ4n) is 4.84. The lowest BCUT2D eigenvalue weighted by Crippen LogP contribution is -2.49. The number of carbonyl (C=O) groups is 2. The Morgan fingerprint density at radius 2 is 1.60 bits per heavy atom. The maximum absolute atomic E-state index is 13.4. The first-order valence-electron chi connectivity index (χ1n) is 11.0. The van der Waals surface area contributed by atoms with Crippen LogP contribution in [0.15, 0.2) is 54.6 Å². The van der Waals surface area contributed by atoms with Crippen LogP contribution in [0.3, 0.4) is 0 Å². The second-order valence-corrected chi connectivity index (χ2v) is 8.60. The third kappa shape index (κ3) is 4.55. The van der Waals surface area contributed by atoms with Crippen molar-refractivity contribution in [2.75, 3.05) is 13.1 Å². The molecule has 1 aliphatic carbocycles. The van der Waals surface area contributed by atoms with Crippen LogP contribution in [-0.4, -0.2) is 29.8 Å². The molecule has 0 unspecified atom stereocenters. The summed E-state index contributed by atoms with van der Waals surface area (Å²) in [5.41, 5.74) is 1.63. The Kier molecular flexibility index (Phi) is 6.16. The van der Waals surface area contributed by atoms with Gasteiger partial charge in [0.15, 0.2) is 0 Å². The van der Waals surface area contributed by atoms with Gasteiger partial charge in [0.1, 0.15) is 5.82 Å². The van der Waals surface area contributed by atoms with E-state index in [4.69, 9.17) is 0 Å². The molecule has 4 rings (SSSR count). The van der Waals surface area contributed by atoms with E-state index in [2.05, 4.69) is 5.32 Å². The average Bonchev–Trinajstić information content (AvgIpc) is 3.24. The molecule has 2 amide bonds. The maximum Gasteiger partial charge on any atom is 0.226 e. The highest BCUT2D eigenvalue weighted by Crippen LogP contribution is 2.39. The highest BCUT2D eigenvalue weighted by atomic mass is 19.1. The first kappa shape index (κ1) is 20.6. The number of hydrogen-bond donors (Lipinski definition) is 1. The van der Waals surface area contributed by atoms with Crippen molar-refractivity contribution in [3.63, 3.8) is 0 Å². The minimum atomic E-state index is -0.384. The van der Waals surface area contributed by atoms with E-state index >= 15 is 0 Å². The predicted octanol–water partition coefficient (Wildman–Crippen LogP) is 4.19. The van der Waals surface area contributed by atoms with E-state index in [0.717, 1.165) is 36.8 Å². The van der Waals surface area contributed by atoms with Crippen molar-refractivity contribution in [2.24, 2.45) is 5.92 Å². The summed E-state index contributed by atoms with van der Waals surface area (Å²) in [6.07, 6.45) is 5.68. The molecule has 2 fully saturated rings. The third-order valence-electron chi connectivity index (χ3n) is 6.63. The molecule has 1 saturated carbocycles. The van der Waals surface area contributed by atoms with Crippen LogP contribution in [-0.2, 0) is 21.5 Å². The SMILES string of the molecule is O=C(NC1(c2ccc(F)cc2)CCCC1)C1CCN(C(=O)Cc2ccccc2)CC1. The van der Waals surface area contributed by atoms with Crippen molar-refractivity contribution in [1.82, 2.24) is 10.2 Å². The molecule has 1 heterocycles. The van der Waals surface area contributed by atoms with E-state index in [9.17, 15) is 14.0 Å². The van der Waals surface area contributed by atoms with E-state index < -0.39 is 0 Å². The van der Waals surface area contributed by atoms with Crippen molar-refractivity contribution in [1.29, 1.82) is 0 Å². The van der Waals surface area contributed by atoms with Crippen LogP contribution in [0.5, 0.6) is 0 Å². The van der Waals surface area contributed by atoms with Gasteiger partial charge in [-0.25, -0.2) is 4.39 Å². The quantitative estimate of drug-likeness (QED) is 0.806. The molecular weight excluding hydrogens is 379 g/mol. The molecule has 0 aromatic heterocycles. The lowest BCUT2D eigenvalue weighted by molar-refractivity contribution is -0.135. The Labute approximate surface area is 177 Å². The molecule has 4 nitrogen and oxygen atoms in total. The van der Waals surface area contributed by atoms with Gasteiger partial charge in [-0.3, -0.25) is 9.59 Å². The van der Waals surface area contributed by atoms with Crippen molar-refractivity contribution in [2.45, 2.75) is 50.5 Å². The fraction of sp³-hybridized carbons (Fsp3) is 0.440. The Bertz CT molecular complexity index is 868. The molecule has 1 saturated heterocycles. The van der Waals surface area contributed by atoms with Gasteiger partial charge in [0, 0.05) is 19.0 Å². The summed E-state index contributed by atoms with van der Waals surface area (Å²) in [7, 11) is 0. The van der Waals surface area contributed by atoms with Gasteiger partial charge < -0.3 is 10.2 Å². The summed E-state index contributed by atoms with van der Waals surface area (Å²) in [5, 5.41) is 3.32. The second kappa shape index (κ2) is 8.99. The van der Waals surface area contributed by atoms with E-state index in [-0.39, 0.29) is 29.1 Å². The average molecular weight is 409 g/mol. The lowest BCUT2D eigenvalue weighted by Gasteiger charge is -2.36. The highest BCUT2D eigenvalue weighted by Gasteiger charge is 2.39. The molecule has 30 heavy (non-hydrogen) atoms. The molecule has 5 heteroatoms. The summed E-state index contributed by atoms with van der Waals surface area (Å²) in [6, 6.07) is 16.3. The van der Waals surface area contributed by atoms with Gasteiger partial charge in [0.2, 0.25) is 11.8 Å². The molecule has 2 aliphatic rings. The Morgan fingerprint density at radius 3 is 2.23 bits per heavy atom. The van der Waals surface area contributed by atoms with Crippen LogP contribution < -0.4 is 5.32 Å². The van der Waals surface area contributed by atoms with Crippen LogP contribution in [0.25, 0.3) is 0 Å². The first-order valence-corrected chi connectivity index (χ1v) is 11.0. The number of carbonyl (C=O) groups excluding carboxylic acids is 2. The maximum atomic E-state index is 13.4. The summed E-state index contributed by atoms with van der Waals surface area (Å²) < 4.78 is 13.4. The minimum Gasteiger partial charge on any atom is -0.346 e. The minimum absolute atomic E-state index is 0.0661. The number of rotatable bonds is 5. The topological polar surface area (TPSA) is 49.4 Å². The van der Waals surface area contributed by atoms with Gasteiger partial charge in [0.25, 0.3) is 0 Å².